The van der Waals surface area contributed by atoms with E-state index in [4.69, 9.17) is 23.2 Å². The molecule has 4 rings (SSSR count). The Morgan fingerprint density at radius 3 is 2.03 bits per heavy atom. The van der Waals surface area contributed by atoms with Gasteiger partial charge in [0.25, 0.3) is 11.8 Å². The summed E-state index contributed by atoms with van der Waals surface area (Å²) in [5, 5.41) is 0.864. The van der Waals surface area contributed by atoms with E-state index in [0.29, 0.717) is 47.4 Å². The van der Waals surface area contributed by atoms with E-state index in [-0.39, 0.29) is 11.8 Å². The van der Waals surface area contributed by atoms with Crippen LogP contribution in [0.15, 0.2) is 36.5 Å². The van der Waals surface area contributed by atoms with Crippen molar-refractivity contribution in [2.45, 2.75) is 19.3 Å². The van der Waals surface area contributed by atoms with Gasteiger partial charge in [-0.3, -0.25) is 9.59 Å². The summed E-state index contributed by atoms with van der Waals surface area (Å²) in [6.45, 7) is 3.76. The Balaban J connectivity index is 1.43. The van der Waals surface area contributed by atoms with Crippen molar-refractivity contribution in [1.29, 1.82) is 0 Å². The van der Waals surface area contributed by atoms with Crippen molar-refractivity contribution in [3.8, 4) is 0 Å². The van der Waals surface area contributed by atoms with Gasteiger partial charge < -0.3 is 14.7 Å². The summed E-state index contributed by atoms with van der Waals surface area (Å²) in [4.78, 5) is 36.3. The zero-order valence-electron chi connectivity index (χ0n) is 16.7. The molecule has 2 saturated heterocycles. The number of hydrogen-bond acceptors (Lipinski definition) is 4. The summed E-state index contributed by atoms with van der Waals surface area (Å²) in [7, 11) is 0. The van der Waals surface area contributed by atoms with Crippen LogP contribution in [0.25, 0.3) is 0 Å². The van der Waals surface area contributed by atoms with Crippen LogP contribution in [0.3, 0.4) is 0 Å². The molecule has 0 spiro atoms. The van der Waals surface area contributed by atoms with Crippen LogP contribution in [0.4, 0.5) is 5.82 Å². The average molecular weight is 447 g/mol. The highest BCUT2D eigenvalue weighted by Gasteiger charge is 2.28. The van der Waals surface area contributed by atoms with Crippen LogP contribution in [-0.4, -0.2) is 65.9 Å². The van der Waals surface area contributed by atoms with Gasteiger partial charge in [0.1, 0.15) is 5.82 Å². The van der Waals surface area contributed by atoms with E-state index in [0.717, 1.165) is 31.7 Å². The third kappa shape index (κ3) is 4.55. The van der Waals surface area contributed by atoms with Crippen molar-refractivity contribution in [3.63, 3.8) is 0 Å². The van der Waals surface area contributed by atoms with Gasteiger partial charge in [0.05, 0.1) is 5.56 Å². The first-order valence-electron chi connectivity index (χ1n) is 10.3. The molecule has 6 nitrogen and oxygen atoms in total. The summed E-state index contributed by atoms with van der Waals surface area (Å²) in [5.74, 6) is 0.623. The van der Waals surface area contributed by atoms with Gasteiger partial charge in [-0.05, 0) is 49.6 Å². The van der Waals surface area contributed by atoms with Crippen LogP contribution in [0.1, 0.15) is 40.0 Å². The predicted octanol–water partition coefficient (Wildman–Crippen LogP) is 3.98. The number of hydrogen-bond donors (Lipinski definition) is 0. The molecule has 2 fully saturated rings. The smallest absolute Gasteiger partial charge is 0.257 e. The maximum Gasteiger partial charge on any atom is 0.257 e. The Labute approximate surface area is 186 Å². The quantitative estimate of drug-likeness (QED) is 0.715. The number of benzene rings is 1. The molecule has 1 aromatic heterocycles. The van der Waals surface area contributed by atoms with E-state index in [1.54, 1.807) is 34.2 Å². The summed E-state index contributed by atoms with van der Waals surface area (Å²) >= 11 is 12.1. The highest BCUT2D eigenvalue weighted by atomic mass is 35.5. The minimum absolute atomic E-state index is 0.0263. The minimum Gasteiger partial charge on any atom is -0.356 e. The molecule has 0 unspecified atom stereocenters. The SMILES string of the molecule is O=C(c1cc(Cl)cc(Cl)c1)N1CCN(C(=O)c2cccnc2N2CCCCC2)CC1. The third-order valence-electron chi connectivity index (χ3n) is 5.64. The molecule has 1 aromatic carbocycles. The van der Waals surface area contributed by atoms with Crippen LogP contribution in [-0.2, 0) is 0 Å². The molecule has 3 heterocycles. The third-order valence-corrected chi connectivity index (χ3v) is 6.07. The fraction of sp³-hybridized carbons (Fsp3) is 0.409. The number of anilines is 1. The number of carbonyl (C=O) groups is 2. The second kappa shape index (κ2) is 9.23. The number of amides is 2. The Kier molecular flexibility index (Phi) is 6.44. The Morgan fingerprint density at radius 1 is 0.800 bits per heavy atom. The second-order valence-corrected chi connectivity index (χ2v) is 8.54. The minimum atomic E-state index is -0.123. The van der Waals surface area contributed by atoms with Crippen LogP contribution in [0.2, 0.25) is 10.0 Å². The summed E-state index contributed by atoms with van der Waals surface area (Å²) < 4.78 is 0. The number of rotatable bonds is 3. The first-order valence-corrected chi connectivity index (χ1v) is 11.0. The number of carbonyl (C=O) groups excluding carboxylic acids is 2. The topological polar surface area (TPSA) is 56.8 Å². The Bertz CT molecular complexity index is 918. The lowest BCUT2D eigenvalue weighted by Crippen LogP contribution is -2.50. The van der Waals surface area contributed by atoms with Gasteiger partial charge in [-0.2, -0.15) is 0 Å². The molecule has 8 heteroatoms. The van der Waals surface area contributed by atoms with Crippen LogP contribution in [0.5, 0.6) is 0 Å². The van der Waals surface area contributed by atoms with Crippen LogP contribution < -0.4 is 4.90 Å². The molecule has 2 aliphatic heterocycles. The largest absolute Gasteiger partial charge is 0.356 e. The number of nitrogens with zero attached hydrogens (tertiary/aromatic N) is 4. The van der Waals surface area contributed by atoms with Gasteiger partial charge in [-0.15, -0.1) is 0 Å². The molecule has 0 atom stereocenters. The van der Waals surface area contributed by atoms with E-state index >= 15 is 0 Å². The number of aromatic nitrogens is 1. The molecule has 0 aliphatic carbocycles. The normalized spacial score (nSPS) is 17.2. The van der Waals surface area contributed by atoms with Crippen LogP contribution in [0, 0.1) is 0 Å². The molecule has 0 saturated carbocycles. The van der Waals surface area contributed by atoms with Crippen molar-refractivity contribution in [2.75, 3.05) is 44.2 Å². The van der Waals surface area contributed by atoms with E-state index < -0.39 is 0 Å². The van der Waals surface area contributed by atoms with E-state index in [1.165, 1.54) is 6.42 Å². The summed E-state index contributed by atoms with van der Waals surface area (Å²) in [6, 6.07) is 8.50. The maximum absolute atomic E-state index is 13.2. The van der Waals surface area contributed by atoms with E-state index in [2.05, 4.69) is 9.88 Å². The molecule has 0 bridgehead atoms. The number of halogens is 2. The zero-order chi connectivity index (χ0) is 21.1. The van der Waals surface area contributed by atoms with Gasteiger partial charge in [0.15, 0.2) is 0 Å². The lowest BCUT2D eigenvalue weighted by molar-refractivity contribution is 0.0535. The van der Waals surface area contributed by atoms with Crippen molar-refractivity contribution in [1.82, 2.24) is 14.8 Å². The van der Waals surface area contributed by atoms with Gasteiger partial charge in [0, 0.05) is 61.1 Å². The maximum atomic E-state index is 13.2. The fourth-order valence-electron chi connectivity index (χ4n) is 4.06. The number of pyridine rings is 1. The van der Waals surface area contributed by atoms with Crippen molar-refractivity contribution in [3.05, 3.63) is 57.7 Å². The Hall–Kier alpha value is -2.31. The number of piperidine rings is 1. The van der Waals surface area contributed by atoms with Crippen LogP contribution >= 0.6 is 23.2 Å². The molecule has 0 radical (unpaired) electrons. The molecular formula is C22H24Cl2N4O2. The molecule has 2 amide bonds. The zero-order valence-corrected chi connectivity index (χ0v) is 18.2. The van der Waals surface area contributed by atoms with Crippen molar-refractivity contribution in [2.24, 2.45) is 0 Å². The second-order valence-electron chi connectivity index (χ2n) is 7.66. The molecule has 0 N–H and O–H groups in total. The molecule has 2 aliphatic rings. The van der Waals surface area contributed by atoms with E-state index in [1.807, 2.05) is 12.1 Å². The van der Waals surface area contributed by atoms with Gasteiger partial charge in [0.2, 0.25) is 0 Å². The van der Waals surface area contributed by atoms with Crippen molar-refractivity contribution < 1.29 is 9.59 Å². The Morgan fingerprint density at radius 2 is 1.40 bits per heavy atom. The lowest BCUT2D eigenvalue weighted by Gasteiger charge is -2.36. The first-order chi connectivity index (χ1) is 14.5. The molecule has 158 valence electrons. The van der Waals surface area contributed by atoms with Gasteiger partial charge >= 0.3 is 0 Å². The van der Waals surface area contributed by atoms with E-state index in [9.17, 15) is 9.59 Å². The van der Waals surface area contributed by atoms with Gasteiger partial charge in [-0.25, -0.2) is 4.98 Å². The highest BCUT2D eigenvalue weighted by molar-refractivity contribution is 6.35. The fourth-order valence-corrected chi connectivity index (χ4v) is 4.59. The van der Waals surface area contributed by atoms with Crippen molar-refractivity contribution >= 4 is 40.8 Å². The molecular weight excluding hydrogens is 423 g/mol. The average Bonchev–Trinajstić information content (AvgIpc) is 2.78. The first kappa shape index (κ1) is 20.9. The standard InChI is InChI=1S/C22H24Cl2N4O2/c23-17-13-16(14-18(24)15-17)21(29)27-9-11-28(12-10-27)22(30)19-5-4-6-25-20(19)26-7-2-1-3-8-26/h4-6,13-15H,1-3,7-12H2. The number of piperazine rings is 1. The summed E-state index contributed by atoms with van der Waals surface area (Å²) in [6.07, 6.45) is 5.21. The predicted molar refractivity (Wildman–Crippen MR) is 119 cm³/mol. The molecule has 30 heavy (non-hydrogen) atoms. The van der Waals surface area contributed by atoms with Gasteiger partial charge in [-0.1, -0.05) is 23.2 Å². The monoisotopic (exact) mass is 446 g/mol. The molecule has 2 aromatic rings. The lowest BCUT2D eigenvalue weighted by atomic mass is 10.1. The summed E-state index contributed by atoms with van der Waals surface area (Å²) in [5.41, 5.74) is 1.10. The highest BCUT2D eigenvalue weighted by Crippen LogP contribution is 2.24.